The van der Waals surface area contributed by atoms with E-state index in [1.165, 1.54) is 31.4 Å². The number of carbonyl (C=O) groups is 2. The highest BCUT2D eigenvalue weighted by molar-refractivity contribution is 5.84. The third-order valence-corrected chi connectivity index (χ3v) is 2.99. The predicted molar refractivity (Wildman–Crippen MR) is 86.4 cm³/mol. The van der Waals surface area contributed by atoms with E-state index in [4.69, 9.17) is 9.47 Å². The molecule has 0 spiro atoms. The van der Waals surface area contributed by atoms with Crippen molar-refractivity contribution in [2.24, 2.45) is 0 Å². The normalized spacial score (nSPS) is 9.80. The van der Waals surface area contributed by atoms with Gasteiger partial charge in [0.1, 0.15) is 12.4 Å². The van der Waals surface area contributed by atoms with Gasteiger partial charge in [0.05, 0.1) is 12.0 Å². The molecule has 1 amide bonds. The molecule has 0 aliphatic heterocycles. The number of ether oxygens (including phenoxy) is 3. The Balaban J connectivity index is 1.83. The van der Waals surface area contributed by atoms with E-state index >= 15 is 0 Å². The van der Waals surface area contributed by atoms with Crippen LogP contribution in [0.1, 0.15) is 5.56 Å². The first-order chi connectivity index (χ1) is 12.0. The molecule has 0 saturated carbocycles. The zero-order valence-electron chi connectivity index (χ0n) is 13.1. The highest BCUT2D eigenvalue weighted by Gasteiger charge is 2.09. The molecule has 0 aliphatic rings. The van der Waals surface area contributed by atoms with Gasteiger partial charge in [-0.05, 0) is 29.8 Å². The molecular formula is C16H14N2O7. The zero-order valence-corrected chi connectivity index (χ0v) is 13.1. The molecule has 0 bridgehead atoms. The fourth-order valence-corrected chi connectivity index (χ4v) is 1.76. The first-order valence-electron chi connectivity index (χ1n) is 7.01. The number of nitrogens with one attached hydrogen (secondary N) is 1. The van der Waals surface area contributed by atoms with Crippen molar-refractivity contribution < 1.29 is 28.7 Å². The smallest absolute Gasteiger partial charge is 0.453 e. The van der Waals surface area contributed by atoms with Gasteiger partial charge in [-0.3, -0.25) is 15.4 Å². The molecule has 0 aromatic heterocycles. The number of carbonyl (C=O) groups excluding carboxylic acids is 2. The van der Waals surface area contributed by atoms with Crippen molar-refractivity contribution in [1.29, 1.82) is 0 Å². The molecule has 1 N–H and O–H groups in total. The number of hydrogen-bond acceptors (Lipinski definition) is 7. The van der Waals surface area contributed by atoms with Crippen LogP contribution in [0.15, 0.2) is 48.5 Å². The number of nitro groups is 1. The van der Waals surface area contributed by atoms with E-state index in [0.29, 0.717) is 11.3 Å². The van der Waals surface area contributed by atoms with Crippen LogP contribution < -0.4 is 10.1 Å². The maximum Gasteiger partial charge on any atom is 0.514 e. The number of amides is 1. The lowest BCUT2D eigenvalue weighted by atomic mass is 10.2. The topological polar surface area (TPSA) is 117 Å². The molecule has 9 heteroatoms. The molecule has 0 saturated heterocycles. The maximum atomic E-state index is 11.6. The fraction of sp³-hybridized carbons (Fsp3) is 0.125. The summed E-state index contributed by atoms with van der Waals surface area (Å²) in [5, 5.41) is 13.0. The molecule has 2 aromatic carbocycles. The molecule has 0 radical (unpaired) electrons. The molecule has 0 unspecified atom stereocenters. The fourth-order valence-electron chi connectivity index (χ4n) is 1.76. The third-order valence-electron chi connectivity index (χ3n) is 2.99. The molecule has 9 nitrogen and oxygen atoms in total. The summed E-state index contributed by atoms with van der Waals surface area (Å²) in [4.78, 5) is 32.6. The number of hydrogen-bond donors (Lipinski definition) is 1. The van der Waals surface area contributed by atoms with Crippen molar-refractivity contribution in [3.05, 3.63) is 64.2 Å². The van der Waals surface area contributed by atoms with Crippen molar-refractivity contribution in [2.45, 2.75) is 6.61 Å². The second-order valence-electron chi connectivity index (χ2n) is 4.71. The Morgan fingerprint density at radius 2 is 1.72 bits per heavy atom. The van der Waals surface area contributed by atoms with Gasteiger partial charge in [-0.25, -0.2) is 9.59 Å². The van der Waals surface area contributed by atoms with Gasteiger partial charge in [0.25, 0.3) is 5.69 Å². The van der Waals surface area contributed by atoms with Gasteiger partial charge in [-0.2, -0.15) is 0 Å². The second kappa shape index (κ2) is 8.29. The third kappa shape index (κ3) is 5.50. The minimum absolute atomic E-state index is 0.0374. The summed E-state index contributed by atoms with van der Waals surface area (Å²) in [6.45, 7) is -0.0374. The van der Waals surface area contributed by atoms with E-state index in [9.17, 15) is 19.7 Å². The van der Waals surface area contributed by atoms with Crippen LogP contribution in [0.25, 0.3) is 0 Å². The molecule has 2 aromatic rings. The highest BCUT2D eigenvalue weighted by atomic mass is 16.7. The van der Waals surface area contributed by atoms with Crippen molar-refractivity contribution in [3.8, 4) is 5.75 Å². The summed E-state index contributed by atoms with van der Waals surface area (Å²) >= 11 is 0. The number of methoxy groups -OCH3 is 1. The number of non-ortho nitro benzene ring substituents is 1. The zero-order chi connectivity index (χ0) is 18.2. The quantitative estimate of drug-likeness (QED) is 0.381. The Bertz CT molecular complexity index is 757. The van der Waals surface area contributed by atoms with E-state index in [1.54, 1.807) is 24.3 Å². The Morgan fingerprint density at radius 1 is 1.08 bits per heavy atom. The predicted octanol–water partition coefficient (Wildman–Crippen LogP) is 3.49. The van der Waals surface area contributed by atoms with Crippen LogP contribution in [-0.4, -0.2) is 24.3 Å². The molecular weight excluding hydrogens is 332 g/mol. The number of benzene rings is 2. The Labute approximate surface area is 142 Å². The summed E-state index contributed by atoms with van der Waals surface area (Å²) in [5.74, 6) is 0.133. The average molecular weight is 346 g/mol. The van der Waals surface area contributed by atoms with E-state index in [1.807, 2.05) is 0 Å². The van der Waals surface area contributed by atoms with Crippen molar-refractivity contribution >= 4 is 23.6 Å². The van der Waals surface area contributed by atoms with Crippen LogP contribution in [0.2, 0.25) is 0 Å². The van der Waals surface area contributed by atoms with Gasteiger partial charge in [-0.15, -0.1) is 0 Å². The first-order valence-corrected chi connectivity index (χ1v) is 7.01. The Morgan fingerprint density at radius 3 is 2.28 bits per heavy atom. The average Bonchev–Trinajstić information content (AvgIpc) is 2.61. The molecule has 0 heterocycles. The largest absolute Gasteiger partial charge is 0.514 e. The van der Waals surface area contributed by atoms with E-state index in [-0.39, 0.29) is 18.0 Å². The van der Waals surface area contributed by atoms with E-state index < -0.39 is 17.2 Å². The monoisotopic (exact) mass is 346 g/mol. The lowest BCUT2D eigenvalue weighted by Crippen LogP contribution is -2.11. The van der Waals surface area contributed by atoms with Gasteiger partial charge in [-0.1, -0.05) is 12.1 Å². The summed E-state index contributed by atoms with van der Waals surface area (Å²) in [6, 6.07) is 11.6. The van der Waals surface area contributed by atoms with Crippen LogP contribution >= 0.6 is 0 Å². The van der Waals surface area contributed by atoms with Gasteiger partial charge in [0.2, 0.25) is 0 Å². The minimum Gasteiger partial charge on any atom is -0.453 e. The Hall–Kier alpha value is -3.62. The van der Waals surface area contributed by atoms with Crippen molar-refractivity contribution in [2.75, 3.05) is 12.4 Å². The number of nitrogens with zero attached hydrogens (tertiary/aromatic N) is 1. The van der Waals surface area contributed by atoms with Gasteiger partial charge >= 0.3 is 12.2 Å². The summed E-state index contributed by atoms with van der Waals surface area (Å²) in [7, 11) is 1.26. The van der Waals surface area contributed by atoms with Crippen molar-refractivity contribution in [3.63, 3.8) is 0 Å². The number of anilines is 1. The molecule has 0 fully saturated rings. The number of rotatable bonds is 5. The Kier molecular flexibility index (Phi) is 5.88. The summed E-state index contributed by atoms with van der Waals surface area (Å²) in [5.41, 5.74) is 1.10. The molecule has 130 valence electrons. The maximum absolute atomic E-state index is 11.6. The molecule has 2 rings (SSSR count). The summed E-state index contributed by atoms with van der Waals surface area (Å²) in [6.07, 6.45) is -1.53. The summed E-state index contributed by atoms with van der Waals surface area (Å²) < 4.78 is 14.3. The van der Waals surface area contributed by atoms with Crippen LogP contribution in [0.4, 0.5) is 21.0 Å². The lowest BCUT2D eigenvalue weighted by Gasteiger charge is -2.07. The second-order valence-corrected chi connectivity index (χ2v) is 4.71. The van der Waals surface area contributed by atoms with Crippen LogP contribution in [0.3, 0.4) is 0 Å². The highest BCUT2D eigenvalue weighted by Crippen LogP contribution is 2.18. The van der Waals surface area contributed by atoms with E-state index in [2.05, 4.69) is 10.1 Å². The van der Waals surface area contributed by atoms with Gasteiger partial charge < -0.3 is 14.2 Å². The molecule has 0 aliphatic carbocycles. The minimum atomic E-state index is -0.939. The standard InChI is InChI=1S/C16H14N2O7/c1-23-15(19)17-12-4-2-11(3-5-12)10-24-16(20)25-14-8-6-13(7-9-14)18(21)22/h2-9H,10H2,1H3,(H,17,19). The molecule has 25 heavy (non-hydrogen) atoms. The van der Waals surface area contributed by atoms with Crippen molar-refractivity contribution in [1.82, 2.24) is 0 Å². The van der Waals surface area contributed by atoms with E-state index in [0.717, 1.165) is 0 Å². The number of nitro benzene ring substituents is 1. The van der Waals surface area contributed by atoms with Crippen LogP contribution in [0, 0.1) is 10.1 Å². The lowest BCUT2D eigenvalue weighted by molar-refractivity contribution is -0.384. The molecule has 0 atom stereocenters. The first kappa shape index (κ1) is 17.7. The van der Waals surface area contributed by atoms with Crippen LogP contribution in [-0.2, 0) is 16.1 Å². The van der Waals surface area contributed by atoms with Gasteiger partial charge in [0, 0.05) is 17.8 Å². The SMILES string of the molecule is COC(=O)Nc1ccc(COC(=O)Oc2ccc([N+](=O)[O-])cc2)cc1. The van der Waals surface area contributed by atoms with Gasteiger partial charge in [0.15, 0.2) is 0 Å². The van der Waals surface area contributed by atoms with Crippen LogP contribution in [0.5, 0.6) is 5.75 Å².